The zero-order valence-electron chi connectivity index (χ0n) is 20.5. The van der Waals surface area contributed by atoms with E-state index in [0.29, 0.717) is 65.0 Å². The van der Waals surface area contributed by atoms with E-state index in [2.05, 4.69) is 0 Å². The van der Waals surface area contributed by atoms with Crippen molar-refractivity contribution in [1.29, 1.82) is 0 Å². The van der Waals surface area contributed by atoms with Crippen LogP contribution in [0.2, 0.25) is 0 Å². The Labute approximate surface area is 210 Å². The van der Waals surface area contributed by atoms with Gasteiger partial charge < -0.3 is 20.4 Å². The number of hydrogen-bond acceptors (Lipinski definition) is 7. The molecule has 0 aromatic heterocycles. The van der Waals surface area contributed by atoms with Crippen molar-refractivity contribution in [2.24, 2.45) is 5.92 Å². The van der Waals surface area contributed by atoms with Gasteiger partial charge in [0.15, 0.2) is 0 Å². The molecule has 1 fully saturated rings. The Morgan fingerprint density at radius 1 is 0.750 bits per heavy atom. The maximum atomic E-state index is 12.2. The molecular formula is C25H37N3O8. The van der Waals surface area contributed by atoms with Crippen molar-refractivity contribution in [3.63, 3.8) is 0 Å². The second-order valence-corrected chi connectivity index (χ2v) is 9.30. The zero-order chi connectivity index (χ0) is 26.5. The molecule has 1 atom stereocenters. The van der Waals surface area contributed by atoms with Crippen molar-refractivity contribution >= 4 is 23.9 Å². The zero-order valence-corrected chi connectivity index (χ0v) is 20.5. The summed E-state index contributed by atoms with van der Waals surface area (Å²) in [4.78, 5) is 51.7. The number of carbonyl (C=O) groups is 4. The summed E-state index contributed by atoms with van der Waals surface area (Å²) in [5.74, 6) is -4.15. The molecule has 1 unspecified atom stereocenters. The van der Waals surface area contributed by atoms with Crippen LogP contribution >= 0.6 is 0 Å². The van der Waals surface area contributed by atoms with E-state index in [0.717, 1.165) is 5.56 Å². The van der Waals surface area contributed by atoms with Crippen LogP contribution < -0.4 is 0 Å². The van der Waals surface area contributed by atoms with Crippen LogP contribution in [0.15, 0.2) is 30.3 Å². The molecular weight excluding hydrogens is 470 g/mol. The number of benzene rings is 1. The van der Waals surface area contributed by atoms with Crippen molar-refractivity contribution in [2.45, 2.75) is 38.1 Å². The van der Waals surface area contributed by atoms with Crippen molar-refractivity contribution in [2.75, 3.05) is 52.4 Å². The number of aryl methyl sites for hydroxylation is 1. The van der Waals surface area contributed by atoms with Gasteiger partial charge in [0.05, 0.1) is 13.1 Å². The average Bonchev–Trinajstić information content (AvgIpc) is 2.79. The molecule has 1 aromatic rings. The van der Waals surface area contributed by atoms with Gasteiger partial charge in [-0.05, 0) is 50.3 Å². The van der Waals surface area contributed by atoms with Gasteiger partial charge >= 0.3 is 23.9 Å². The van der Waals surface area contributed by atoms with Crippen molar-refractivity contribution in [1.82, 2.24) is 14.7 Å². The van der Waals surface area contributed by atoms with Crippen molar-refractivity contribution in [3.05, 3.63) is 35.9 Å². The number of carboxylic acids is 4. The summed E-state index contributed by atoms with van der Waals surface area (Å²) in [6.45, 7) is 1.48. The van der Waals surface area contributed by atoms with Crippen molar-refractivity contribution < 1.29 is 39.6 Å². The number of nitrogens with zero attached hydrogens (tertiary/aromatic N) is 3. The predicted octanol–water partition coefficient (Wildman–Crippen LogP) is 1.03. The molecule has 1 saturated heterocycles. The first-order chi connectivity index (χ1) is 17.1. The predicted molar refractivity (Wildman–Crippen MR) is 131 cm³/mol. The van der Waals surface area contributed by atoms with Crippen LogP contribution in [0.3, 0.4) is 0 Å². The van der Waals surface area contributed by atoms with Gasteiger partial charge in [-0.3, -0.25) is 33.9 Å². The quantitative estimate of drug-likeness (QED) is 0.339. The Morgan fingerprint density at radius 3 is 1.72 bits per heavy atom. The van der Waals surface area contributed by atoms with E-state index in [1.807, 2.05) is 30.3 Å². The molecule has 1 aromatic carbocycles. The molecule has 0 saturated carbocycles. The van der Waals surface area contributed by atoms with Gasteiger partial charge in [-0.1, -0.05) is 30.3 Å². The van der Waals surface area contributed by atoms with E-state index in [1.165, 1.54) is 0 Å². The van der Waals surface area contributed by atoms with Gasteiger partial charge in [0.2, 0.25) is 0 Å². The van der Waals surface area contributed by atoms with E-state index >= 15 is 0 Å². The van der Waals surface area contributed by atoms with E-state index in [-0.39, 0.29) is 25.4 Å². The van der Waals surface area contributed by atoms with Crippen LogP contribution in [0.4, 0.5) is 0 Å². The first kappa shape index (κ1) is 29.2. The lowest BCUT2D eigenvalue weighted by atomic mass is 9.96. The molecule has 1 heterocycles. The number of aliphatic carboxylic acids is 4. The molecule has 0 aliphatic carbocycles. The van der Waals surface area contributed by atoms with Crippen LogP contribution in [-0.2, 0) is 25.6 Å². The van der Waals surface area contributed by atoms with E-state index in [9.17, 15) is 39.6 Å². The number of rotatable bonds is 11. The molecule has 11 nitrogen and oxygen atoms in total. The Kier molecular flexibility index (Phi) is 12.3. The Balaban J connectivity index is 2.22. The third-order valence-electron chi connectivity index (χ3n) is 6.57. The van der Waals surface area contributed by atoms with Crippen LogP contribution in [0.25, 0.3) is 0 Å². The Hall–Kier alpha value is -3.02. The highest BCUT2D eigenvalue weighted by atomic mass is 16.4. The fourth-order valence-corrected chi connectivity index (χ4v) is 4.62. The average molecular weight is 508 g/mol. The minimum atomic E-state index is -1.00. The third kappa shape index (κ3) is 11.1. The lowest BCUT2D eigenvalue weighted by Gasteiger charge is -2.34. The first-order valence-corrected chi connectivity index (χ1v) is 12.2. The molecule has 200 valence electrons. The standard InChI is InChI=1S/C25H37N3O8/c29-22(30)16-20-8-10-26(17-23(31)32)12-14-28(15-13-27(11-9-20)18-24(33)34)21(25(35)36)7-6-19-4-2-1-3-5-19/h1-5,20-21H,6-18H2,(H,29,30)(H,31,32)(H,33,34)(H,35,36). The SMILES string of the molecule is O=C(O)CC1CCN(CC(=O)O)CCN(C(CCc2ccccc2)C(=O)O)CCN(CC(=O)O)CC1. The van der Waals surface area contributed by atoms with Gasteiger partial charge in [0.25, 0.3) is 0 Å². The first-order valence-electron chi connectivity index (χ1n) is 12.2. The highest BCUT2D eigenvalue weighted by Crippen LogP contribution is 2.18. The Bertz CT molecular complexity index is 834. The fourth-order valence-electron chi connectivity index (χ4n) is 4.62. The maximum Gasteiger partial charge on any atom is 0.320 e. The molecule has 0 spiro atoms. The highest BCUT2D eigenvalue weighted by molar-refractivity contribution is 5.73. The second-order valence-electron chi connectivity index (χ2n) is 9.30. The molecule has 1 aliphatic heterocycles. The van der Waals surface area contributed by atoms with Crippen LogP contribution in [0, 0.1) is 5.92 Å². The minimum Gasteiger partial charge on any atom is -0.481 e. The molecule has 0 radical (unpaired) electrons. The molecule has 0 amide bonds. The van der Waals surface area contributed by atoms with Gasteiger partial charge in [0.1, 0.15) is 6.04 Å². The summed E-state index contributed by atoms with van der Waals surface area (Å²) in [5.41, 5.74) is 1.02. The summed E-state index contributed by atoms with van der Waals surface area (Å²) in [6, 6.07) is 8.74. The summed E-state index contributed by atoms with van der Waals surface area (Å²) < 4.78 is 0. The second kappa shape index (κ2) is 15.2. The van der Waals surface area contributed by atoms with Crippen molar-refractivity contribution in [3.8, 4) is 0 Å². The van der Waals surface area contributed by atoms with Gasteiger partial charge in [-0.15, -0.1) is 0 Å². The summed E-state index contributed by atoms with van der Waals surface area (Å²) in [5, 5.41) is 38.0. The fraction of sp³-hybridized carbons (Fsp3) is 0.600. The number of hydrogen-bond donors (Lipinski definition) is 4. The molecule has 36 heavy (non-hydrogen) atoms. The van der Waals surface area contributed by atoms with Gasteiger partial charge in [-0.25, -0.2) is 0 Å². The topological polar surface area (TPSA) is 159 Å². The van der Waals surface area contributed by atoms with Crippen LogP contribution in [0.1, 0.15) is 31.2 Å². The van der Waals surface area contributed by atoms with Gasteiger partial charge in [0, 0.05) is 32.6 Å². The summed E-state index contributed by atoms with van der Waals surface area (Å²) >= 11 is 0. The maximum absolute atomic E-state index is 12.2. The molecule has 1 aliphatic rings. The highest BCUT2D eigenvalue weighted by Gasteiger charge is 2.28. The summed E-state index contributed by atoms with van der Waals surface area (Å²) in [6.07, 6.45) is 1.75. The van der Waals surface area contributed by atoms with Gasteiger partial charge in [-0.2, -0.15) is 0 Å². The lowest BCUT2D eigenvalue weighted by Crippen LogP contribution is -2.50. The van der Waals surface area contributed by atoms with E-state index < -0.39 is 29.9 Å². The third-order valence-corrected chi connectivity index (χ3v) is 6.57. The largest absolute Gasteiger partial charge is 0.481 e. The number of carboxylic acid groups (broad SMARTS) is 4. The molecule has 4 N–H and O–H groups in total. The molecule has 11 heteroatoms. The molecule has 0 bridgehead atoms. The minimum absolute atomic E-state index is 0.0749. The van der Waals surface area contributed by atoms with E-state index in [4.69, 9.17) is 0 Å². The van der Waals surface area contributed by atoms with E-state index in [1.54, 1.807) is 14.7 Å². The summed E-state index contributed by atoms with van der Waals surface area (Å²) in [7, 11) is 0. The van der Waals surface area contributed by atoms with Crippen LogP contribution in [-0.4, -0.2) is 117 Å². The normalized spacial score (nSPS) is 18.6. The monoisotopic (exact) mass is 507 g/mol. The molecule has 2 rings (SSSR count). The lowest BCUT2D eigenvalue weighted by molar-refractivity contribution is -0.145. The smallest absolute Gasteiger partial charge is 0.320 e. The van der Waals surface area contributed by atoms with Crippen LogP contribution in [0.5, 0.6) is 0 Å². The Morgan fingerprint density at radius 2 is 1.28 bits per heavy atom.